The van der Waals surface area contributed by atoms with Gasteiger partial charge in [-0.2, -0.15) is 5.10 Å². The molecule has 0 amide bonds. The van der Waals surface area contributed by atoms with Crippen LogP contribution in [-0.2, 0) is 6.42 Å². The van der Waals surface area contributed by atoms with Crippen LogP contribution in [0.5, 0.6) is 0 Å². The highest BCUT2D eigenvalue weighted by molar-refractivity contribution is 5.78. The second-order valence-electron chi connectivity index (χ2n) is 4.49. The summed E-state index contributed by atoms with van der Waals surface area (Å²) in [5.41, 5.74) is 2.83. The molecule has 1 aliphatic carbocycles. The molecule has 3 nitrogen and oxygen atoms in total. The molecule has 1 heterocycles. The van der Waals surface area contributed by atoms with Gasteiger partial charge in [0.15, 0.2) is 6.29 Å². The smallest absolute Gasteiger partial charge is 0.153 e. The summed E-state index contributed by atoms with van der Waals surface area (Å²) >= 11 is 0. The average Bonchev–Trinajstić information content (AvgIpc) is 2.88. The molecule has 1 N–H and O–H groups in total. The quantitative estimate of drug-likeness (QED) is 0.744. The lowest BCUT2D eigenvalue weighted by molar-refractivity contribution is 0.112. The molecule has 14 heavy (non-hydrogen) atoms. The molecule has 1 aromatic rings. The minimum Gasteiger partial charge on any atom is -0.298 e. The van der Waals surface area contributed by atoms with Crippen LogP contribution in [0.2, 0.25) is 0 Å². The van der Waals surface area contributed by atoms with Crippen LogP contribution in [0.3, 0.4) is 0 Å². The number of carbonyl (C=O) groups is 1. The van der Waals surface area contributed by atoms with Gasteiger partial charge in [-0.1, -0.05) is 13.8 Å². The van der Waals surface area contributed by atoms with E-state index in [4.69, 9.17) is 0 Å². The molecule has 0 aliphatic heterocycles. The zero-order valence-electron chi connectivity index (χ0n) is 8.71. The van der Waals surface area contributed by atoms with E-state index in [0.717, 1.165) is 29.7 Å². The van der Waals surface area contributed by atoms with E-state index in [0.29, 0.717) is 11.8 Å². The summed E-state index contributed by atoms with van der Waals surface area (Å²) in [4.78, 5) is 11.0. The lowest BCUT2D eigenvalue weighted by Crippen LogP contribution is -1.98. The van der Waals surface area contributed by atoms with E-state index in [-0.39, 0.29) is 0 Å². The zero-order chi connectivity index (χ0) is 10.1. The molecule has 1 saturated carbocycles. The van der Waals surface area contributed by atoms with Crippen molar-refractivity contribution in [1.82, 2.24) is 10.2 Å². The van der Waals surface area contributed by atoms with E-state index >= 15 is 0 Å². The predicted octanol–water partition coefficient (Wildman–Crippen LogP) is 2.30. The maximum Gasteiger partial charge on any atom is 0.153 e. The molecule has 3 heteroatoms. The molecule has 76 valence electrons. The Bertz CT molecular complexity index is 337. The van der Waals surface area contributed by atoms with Gasteiger partial charge in [0.05, 0.1) is 11.3 Å². The fraction of sp³-hybridized carbons (Fsp3) is 0.636. The molecular formula is C11H16N2O. The fourth-order valence-electron chi connectivity index (χ4n) is 1.77. The van der Waals surface area contributed by atoms with Crippen molar-refractivity contribution in [3.8, 4) is 0 Å². The Morgan fingerprint density at radius 3 is 2.79 bits per heavy atom. The molecule has 2 rings (SSSR count). The third kappa shape index (κ3) is 1.72. The number of rotatable bonds is 4. The van der Waals surface area contributed by atoms with Crippen molar-refractivity contribution in [3.63, 3.8) is 0 Å². The number of hydrogen-bond acceptors (Lipinski definition) is 2. The van der Waals surface area contributed by atoms with Crippen LogP contribution in [0.1, 0.15) is 54.4 Å². The van der Waals surface area contributed by atoms with Gasteiger partial charge < -0.3 is 0 Å². The minimum absolute atomic E-state index is 0.548. The summed E-state index contributed by atoms with van der Waals surface area (Å²) in [7, 11) is 0. The van der Waals surface area contributed by atoms with Crippen LogP contribution >= 0.6 is 0 Å². The van der Waals surface area contributed by atoms with Crippen molar-refractivity contribution in [1.29, 1.82) is 0 Å². The molecule has 0 bridgehead atoms. The summed E-state index contributed by atoms with van der Waals surface area (Å²) in [6.07, 6.45) is 4.24. The van der Waals surface area contributed by atoms with Gasteiger partial charge in [0.1, 0.15) is 0 Å². The maximum atomic E-state index is 11.0. The topological polar surface area (TPSA) is 45.8 Å². The Kier molecular flexibility index (Phi) is 2.40. The normalized spacial score (nSPS) is 16.2. The van der Waals surface area contributed by atoms with E-state index in [9.17, 15) is 4.79 Å². The average molecular weight is 192 g/mol. The van der Waals surface area contributed by atoms with E-state index in [1.54, 1.807) is 0 Å². The van der Waals surface area contributed by atoms with Gasteiger partial charge in [0, 0.05) is 11.6 Å². The number of aromatic amines is 1. The molecule has 1 fully saturated rings. The van der Waals surface area contributed by atoms with Crippen LogP contribution < -0.4 is 0 Å². The van der Waals surface area contributed by atoms with Crippen LogP contribution in [0, 0.1) is 5.92 Å². The highest BCUT2D eigenvalue weighted by Crippen LogP contribution is 2.40. The first-order valence-corrected chi connectivity index (χ1v) is 5.24. The van der Waals surface area contributed by atoms with Crippen molar-refractivity contribution >= 4 is 6.29 Å². The van der Waals surface area contributed by atoms with E-state index in [1.165, 1.54) is 12.8 Å². The van der Waals surface area contributed by atoms with Crippen molar-refractivity contribution in [2.24, 2.45) is 5.92 Å². The van der Waals surface area contributed by atoms with E-state index in [2.05, 4.69) is 24.0 Å². The summed E-state index contributed by atoms with van der Waals surface area (Å²) < 4.78 is 0. The third-order valence-electron chi connectivity index (χ3n) is 2.61. The first-order chi connectivity index (χ1) is 6.72. The standard InChI is InChI=1S/C11H16N2O/c1-7(2)5-10-9(6-14)11(13-12-10)8-3-4-8/h6-8H,3-5H2,1-2H3,(H,12,13). The van der Waals surface area contributed by atoms with Crippen molar-refractivity contribution in [2.75, 3.05) is 0 Å². The number of carbonyl (C=O) groups excluding carboxylic acids is 1. The predicted molar refractivity (Wildman–Crippen MR) is 54.5 cm³/mol. The van der Waals surface area contributed by atoms with Gasteiger partial charge >= 0.3 is 0 Å². The van der Waals surface area contributed by atoms with Crippen molar-refractivity contribution in [2.45, 2.75) is 39.0 Å². The van der Waals surface area contributed by atoms with Gasteiger partial charge in [-0.25, -0.2) is 0 Å². The fourth-order valence-corrected chi connectivity index (χ4v) is 1.77. The molecule has 0 radical (unpaired) electrons. The maximum absolute atomic E-state index is 11.0. The molecular weight excluding hydrogens is 176 g/mol. The number of nitrogens with one attached hydrogen (secondary N) is 1. The van der Waals surface area contributed by atoms with Crippen LogP contribution in [0.15, 0.2) is 0 Å². The SMILES string of the molecule is CC(C)Cc1[nH]nc(C2CC2)c1C=O. The number of H-pyrrole nitrogens is 1. The van der Waals surface area contributed by atoms with Crippen molar-refractivity contribution in [3.05, 3.63) is 17.0 Å². The second-order valence-corrected chi connectivity index (χ2v) is 4.49. The van der Waals surface area contributed by atoms with Gasteiger partial charge in [-0.3, -0.25) is 9.89 Å². The Morgan fingerprint density at radius 1 is 1.57 bits per heavy atom. The minimum atomic E-state index is 0.548. The lowest BCUT2D eigenvalue weighted by atomic mass is 10.0. The number of hydrogen-bond donors (Lipinski definition) is 1. The van der Waals surface area contributed by atoms with Crippen LogP contribution in [0.25, 0.3) is 0 Å². The molecule has 1 aliphatic rings. The molecule has 0 aromatic carbocycles. The zero-order valence-corrected chi connectivity index (χ0v) is 8.71. The summed E-state index contributed by atoms with van der Waals surface area (Å²) in [5, 5.41) is 7.24. The first kappa shape index (κ1) is 9.44. The molecule has 1 aromatic heterocycles. The Morgan fingerprint density at radius 2 is 2.29 bits per heavy atom. The highest BCUT2D eigenvalue weighted by Gasteiger charge is 2.29. The molecule has 0 saturated heterocycles. The first-order valence-electron chi connectivity index (χ1n) is 5.24. The number of nitrogens with zero attached hydrogens (tertiary/aromatic N) is 1. The lowest BCUT2D eigenvalue weighted by Gasteiger charge is -2.02. The largest absolute Gasteiger partial charge is 0.298 e. The van der Waals surface area contributed by atoms with Gasteiger partial charge in [0.2, 0.25) is 0 Å². The summed E-state index contributed by atoms with van der Waals surface area (Å²) in [6.45, 7) is 4.29. The van der Waals surface area contributed by atoms with E-state index in [1.807, 2.05) is 0 Å². The third-order valence-corrected chi connectivity index (χ3v) is 2.61. The monoisotopic (exact) mass is 192 g/mol. The van der Waals surface area contributed by atoms with Gasteiger partial charge in [0.25, 0.3) is 0 Å². The van der Waals surface area contributed by atoms with Gasteiger partial charge in [-0.15, -0.1) is 0 Å². The summed E-state index contributed by atoms with van der Waals surface area (Å²) in [5.74, 6) is 1.11. The van der Waals surface area contributed by atoms with Crippen molar-refractivity contribution < 1.29 is 4.79 Å². The number of aromatic nitrogens is 2. The van der Waals surface area contributed by atoms with Gasteiger partial charge in [-0.05, 0) is 25.2 Å². The Labute approximate surface area is 83.9 Å². The van der Waals surface area contributed by atoms with Crippen LogP contribution in [-0.4, -0.2) is 16.5 Å². The molecule has 0 unspecified atom stereocenters. The Hall–Kier alpha value is -1.12. The second kappa shape index (κ2) is 3.56. The molecule has 0 atom stereocenters. The number of aldehydes is 1. The van der Waals surface area contributed by atoms with Crippen LogP contribution in [0.4, 0.5) is 0 Å². The Balaban J connectivity index is 2.26. The van der Waals surface area contributed by atoms with E-state index < -0.39 is 0 Å². The highest BCUT2D eigenvalue weighted by atomic mass is 16.1. The molecule has 0 spiro atoms. The summed E-state index contributed by atoms with van der Waals surface area (Å²) in [6, 6.07) is 0.